The van der Waals surface area contributed by atoms with Crippen LogP contribution in [0.25, 0.3) is 0 Å². The van der Waals surface area contributed by atoms with Gasteiger partial charge in [0.2, 0.25) is 0 Å². The smallest absolute Gasteiger partial charge is 0.410 e. The Kier molecular flexibility index (Phi) is 10.8. The summed E-state index contributed by atoms with van der Waals surface area (Å²) in [7, 11) is 3.98. The molecule has 2 rings (SSSR count). The van der Waals surface area contributed by atoms with E-state index in [1.54, 1.807) is 11.9 Å². The van der Waals surface area contributed by atoms with Crippen LogP contribution < -0.4 is 10.6 Å². The maximum atomic E-state index is 12.0. The number of ether oxygens (including phenoxy) is 1. The van der Waals surface area contributed by atoms with Gasteiger partial charge in [0.25, 0.3) is 0 Å². The third-order valence-electron chi connectivity index (χ3n) is 4.85. The lowest BCUT2D eigenvalue weighted by molar-refractivity contribution is 0.00701. The Morgan fingerprint density at radius 3 is 2.54 bits per heavy atom. The number of carbonyl (C=O) groups is 1. The fourth-order valence-electron chi connectivity index (χ4n) is 3.27. The lowest BCUT2D eigenvalue weighted by Gasteiger charge is -2.40. The number of likely N-dealkylation sites (N-methyl/N-ethyl adjacent to an activating group) is 1. The van der Waals surface area contributed by atoms with Crippen LogP contribution in [-0.4, -0.2) is 105 Å². The van der Waals surface area contributed by atoms with Crippen LogP contribution in [-0.2, 0) is 4.74 Å². The first-order chi connectivity index (χ1) is 12.8. The van der Waals surface area contributed by atoms with E-state index in [0.717, 1.165) is 38.6 Å². The maximum Gasteiger partial charge on any atom is 0.410 e. The van der Waals surface area contributed by atoms with Crippen LogP contribution in [0.5, 0.6) is 0 Å². The number of carbonyl (C=O) groups excluding carboxylic acids is 1. The second kappa shape index (κ2) is 12.0. The van der Waals surface area contributed by atoms with Crippen LogP contribution in [0.2, 0.25) is 0 Å². The minimum atomic E-state index is -0.448. The predicted molar refractivity (Wildman–Crippen MR) is 125 cm³/mol. The van der Waals surface area contributed by atoms with E-state index in [-0.39, 0.29) is 36.1 Å². The molecule has 0 spiro atoms. The van der Waals surface area contributed by atoms with E-state index >= 15 is 0 Å². The maximum absolute atomic E-state index is 12.0. The molecular weight excluding hydrogens is 471 g/mol. The number of hydrogen-bond acceptors (Lipinski definition) is 5. The zero-order valence-corrected chi connectivity index (χ0v) is 20.5. The van der Waals surface area contributed by atoms with Crippen molar-refractivity contribution >= 4 is 36.0 Å². The normalized spacial score (nSPS) is 20.0. The lowest BCUT2D eigenvalue weighted by atomic mass is 10.1. The molecule has 2 aliphatic heterocycles. The van der Waals surface area contributed by atoms with E-state index in [2.05, 4.69) is 32.5 Å². The molecule has 0 aromatic rings. The van der Waals surface area contributed by atoms with Gasteiger partial charge in [-0.05, 0) is 60.3 Å². The average molecular weight is 510 g/mol. The first-order valence-corrected chi connectivity index (χ1v) is 10.1. The topological polar surface area (TPSA) is 72.4 Å². The Hall–Kier alpha value is -0.810. The molecule has 2 N–H and O–H groups in total. The van der Waals surface area contributed by atoms with E-state index in [9.17, 15) is 4.79 Å². The predicted octanol–water partition coefficient (Wildman–Crippen LogP) is 1.42. The minimum absolute atomic E-state index is 0. The van der Waals surface area contributed by atoms with Gasteiger partial charge in [0, 0.05) is 39.8 Å². The molecular formula is C19H39IN6O2. The highest BCUT2D eigenvalue weighted by molar-refractivity contribution is 14.0. The van der Waals surface area contributed by atoms with Crippen molar-refractivity contribution in [3.8, 4) is 0 Å². The van der Waals surface area contributed by atoms with Gasteiger partial charge in [0.15, 0.2) is 5.96 Å². The van der Waals surface area contributed by atoms with Crippen molar-refractivity contribution in [3.05, 3.63) is 0 Å². The number of hydrogen-bond donors (Lipinski definition) is 2. The summed E-state index contributed by atoms with van der Waals surface area (Å²) in [5.41, 5.74) is -0.448. The molecule has 0 saturated carbocycles. The minimum Gasteiger partial charge on any atom is -0.444 e. The summed E-state index contributed by atoms with van der Waals surface area (Å²) >= 11 is 0. The molecule has 1 amide bonds. The molecule has 164 valence electrons. The summed E-state index contributed by atoms with van der Waals surface area (Å²) in [5, 5.41) is 6.76. The number of amides is 1. The van der Waals surface area contributed by atoms with Crippen molar-refractivity contribution in [2.45, 2.75) is 45.3 Å². The molecule has 2 aliphatic rings. The molecule has 0 atom stereocenters. The Morgan fingerprint density at radius 1 is 1.18 bits per heavy atom. The van der Waals surface area contributed by atoms with Gasteiger partial charge in [-0.2, -0.15) is 0 Å². The molecule has 0 aromatic heterocycles. The van der Waals surface area contributed by atoms with Gasteiger partial charge in [0.1, 0.15) is 5.60 Å². The van der Waals surface area contributed by atoms with Gasteiger partial charge < -0.3 is 30.1 Å². The standard InChI is InChI=1S/C19H38N6O2.HI/c1-19(2,3)27-18(26)25-14-16(15-25)22-17(20-4)21-8-6-10-24-11-7-9-23(5)12-13-24;/h16H,6-15H2,1-5H3,(H2,20,21,22);1H. The molecule has 2 fully saturated rings. The number of halogens is 1. The van der Waals surface area contributed by atoms with E-state index in [0.29, 0.717) is 13.1 Å². The molecule has 0 bridgehead atoms. The van der Waals surface area contributed by atoms with E-state index in [1.165, 1.54) is 19.5 Å². The Morgan fingerprint density at radius 2 is 1.89 bits per heavy atom. The van der Waals surface area contributed by atoms with Crippen molar-refractivity contribution in [2.75, 3.05) is 66.5 Å². The molecule has 28 heavy (non-hydrogen) atoms. The quantitative estimate of drug-likeness (QED) is 0.252. The number of guanidine groups is 1. The number of rotatable bonds is 5. The van der Waals surface area contributed by atoms with Crippen LogP contribution in [0.15, 0.2) is 4.99 Å². The third-order valence-corrected chi connectivity index (χ3v) is 4.85. The highest BCUT2D eigenvalue weighted by Gasteiger charge is 2.34. The largest absolute Gasteiger partial charge is 0.444 e. The third kappa shape index (κ3) is 9.13. The van der Waals surface area contributed by atoms with E-state index in [1.807, 2.05) is 20.8 Å². The van der Waals surface area contributed by atoms with Crippen LogP contribution in [0, 0.1) is 0 Å². The summed E-state index contributed by atoms with van der Waals surface area (Å²) in [6, 6.07) is 0.227. The zero-order valence-electron chi connectivity index (χ0n) is 18.2. The van der Waals surface area contributed by atoms with Gasteiger partial charge >= 0.3 is 6.09 Å². The monoisotopic (exact) mass is 510 g/mol. The Labute approximate surface area is 187 Å². The second-order valence-electron chi connectivity index (χ2n) is 8.58. The average Bonchev–Trinajstić information content (AvgIpc) is 2.75. The van der Waals surface area contributed by atoms with E-state index in [4.69, 9.17) is 4.74 Å². The first-order valence-electron chi connectivity index (χ1n) is 10.1. The Bertz CT molecular complexity index is 505. The van der Waals surface area contributed by atoms with Crippen LogP contribution >= 0.6 is 24.0 Å². The molecule has 8 nitrogen and oxygen atoms in total. The number of likely N-dealkylation sites (tertiary alicyclic amines) is 1. The van der Waals surface area contributed by atoms with Crippen molar-refractivity contribution in [1.29, 1.82) is 0 Å². The number of aliphatic imine (C=N–C) groups is 1. The summed E-state index contributed by atoms with van der Waals surface area (Å²) in [4.78, 5) is 22.9. The lowest BCUT2D eigenvalue weighted by Crippen LogP contribution is -2.63. The highest BCUT2D eigenvalue weighted by atomic mass is 127. The van der Waals surface area contributed by atoms with Gasteiger partial charge in [0.05, 0.1) is 6.04 Å². The molecule has 0 aliphatic carbocycles. The van der Waals surface area contributed by atoms with Crippen molar-refractivity contribution in [1.82, 2.24) is 25.3 Å². The Balaban J connectivity index is 0.00000392. The molecule has 0 unspecified atom stereocenters. The second-order valence-corrected chi connectivity index (χ2v) is 8.58. The zero-order chi connectivity index (χ0) is 19.9. The molecule has 0 radical (unpaired) electrons. The highest BCUT2D eigenvalue weighted by Crippen LogP contribution is 2.15. The van der Waals surface area contributed by atoms with Crippen molar-refractivity contribution in [2.24, 2.45) is 4.99 Å². The van der Waals surface area contributed by atoms with Gasteiger partial charge in [-0.1, -0.05) is 0 Å². The van der Waals surface area contributed by atoms with Gasteiger partial charge in [-0.3, -0.25) is 4.99 Å². The molecule has 0 aromatic carbocycles. The summed E-state index contributed by atoms with van der Waals surface area (Å²) in [6.45, 7) is 13.7. The SMILES string of the molecule is CN=C(NCCCN1CCCN(C)CC1)NC1CN(C(=O)OC(C)(C)C)C1.I. The fourth-order valence-corrected chi connectivity index (χ4v) is 3.27. The van der Waals surface area contributed by atoms with Gasteiger partial charge in [-0.15, -0.1) is 24.0 Å². The fraction of sp³-hybridized carbons (Fsp3) is 0.895. The van der Waals surface area contributed by atoms with Gasteiger partial charge in [-0.25, -0.2) is 4.79 Å². The number of nitrogens with zero attached hydrogens (tertiary/aromatic N) is 4. The molecule has 9 heteroatoms. The summed E-state index contributed by atoms with van der Waals surface area (Å²) in [5.74, 6) is 0.805. The summed E-state index contributed by atoms with van der Waals surface area (Å²) < 4.78 is 5.38. The van der Waals surface area contributed by atoms with Crippen LogP contribution in [0.1, 0.15) is 33.6 Å². The summed E-state index contributed by atoms with van der Waals surface area (Å²) in [6.07, 6.45) is 2.11. The van der Waals surface area contributed by atoms with Crippen molar-refractivity contribution in [3.63, 3.8) is 0 Å². The van der Waals surface area contributed by atoms with Crippen LogP contribution in [0.3, 0.4) is 0 Å². The number of nitrogens with one attached hydrogen (secondary N) is 2. The molecule has 2 heterocycles. The molecule has 2 saturated heterocycles. The van der Waals surface area contributed by atoms with Crippen molar-refractivity contribution < 1.29 is 9.53 Å². The van der Waals surface area contributed by atoms with E-state index < -0.39 is 5.60 Å². The first kappa shape index (κ1) is 25.2. The van der Waals surface area contributed by atoms with Crippen LogP contribution in [0.4, 0.5) is 4.79 Å².